The molecule has 2 unspecified atom stereocenters. The average molecular weight is 218 g/mol. The predicted molar refractivity (Wildman–Crippen MR) is 63.7 cm³/mol. The molecule has 0 radical (unpaired) electrons. The Morgan fingerprint density at radius 2 is 2.00 bits per heavy atom. The highest BCUT2D eigenvalue weighted by Crippen LogP contribution is 2.32. The molecule has 3 nitrogen and oxygen atoms in total. The monoisotopic (exact) mass is 218 g/mol. The number of hydrogen-bond donors (Lipinski definition) is 2. The second-order valence-corrected chi connectivity index (χ2v) is 4.52. The number of amides is 1. The Labute approximate surface area is 96.0 Å². The number of hydrogen-bond acceptors (Lipinski definition) is 2. The van der Waals surface area contributed by atoms with Gasteiger partial charge in [-0.2, -0.15) is 0 Å². The number of benzene rings is 1. The molecule has 0 spiro atoms. The molecule has 3 heteroatoms. The Kier molecular flexibility index (Phi) is 3.25. The quantitative estimate of drug-likeness (QED) is 0.806. The van der Waals surface area contributed by atoms with E-state index in [-0.39, 0.29) is 11.9 Å². The van der Waals surface area contributed by atoms with Crippen molar-refractivity contribution in [2.45, 2.75) is 31.8 Å². The molecule has 2 rings (SSSR count). The van der Waals surface area contributed by atoms with E-state index >= 15 is 0 Å². The highest BCUT2D eigenvalue weighted by Gasteiger charge is 2.30. The van der Waals surface area contributed by atoms with Crippen LogP contribution < -0.4 is 11.1 Å². The third-order valence-electron chi connectivity index (χ3n) is 3.14. The molecule has 1 saturated carbocycles. The lowest BCUT2D eigenvalue weighted by atomic mass is 10.1. The standard InChI is InChI=1S/C13H18N2O/c1-9(10-7-8-10)15-13(16)12(14)11-5-3-2-4-6-11/h2-6,9-10,12H,7-8,14H2,1H3,(H,15,16). The summed E-state index contributed by atoms with van der Waals surface area (Å²) in [6.07, 6.45) is 2.45. The van der Waals surface area contributed by atoms with E-state index < -0.39 is 6.04 Å². The molecule has 0 bridgehead atoms. The molecule has 1 aromatic carbocycles. The maximum absolute atomic E-state index is 11.9. The first-order valence-electron chi connectivity index (χ1n) is 5.79. The zero-order valence-electron chi connectivity index (χ0n) is 9.52. The Morgan fingerprint density at radius 3 is 2.56 bits per heavy atom. The Morgan fingerprint density at radius 1 is 1.38 bits per heavy atom. The summed E-state index contributed by atoms with van der Waals surface area (Å²) < 4.78 is 0. The summed E-state index contributed by atoms with van der Waals surface area (Å²) in [5.74, 6) is 0.581. The average Bonchev–Trinajstić information content (AvgIpc) is 3.13. The number of carbonyl (C=O) groups is 1. The maximum atomic E-state index is 11.9. The third-order valence-corrected chi connectivity index (χ3v) is 3.14. The van der Waals surface area contributed by atoms with Crippen molar-refractivity contribution in [1.82, 2.24) is 5.32 Å². The molecule has 1 aliphatic rings. The largest absolute Gasteiger partial charge is 0.352 e. The van der Waals surface area contributed by atoms with Crippen molar-refractivity contribution < 1.29 is 4.79 Å². The van der Waals surface area contributed by atoms with Crippen LogP contribution in [0.25, 0.3) is 0 Å². The van der Waals surface area contributed by atoms with Crippen LogP contribution in [0.2, 0.25) is 0 Å². The van der Waals surface area contributed by atoms with E-state index in [1.165, 1.54) is 12.8 Å². The van der Waals surface area contributed by atoms with Gasteiger partial charge in [-0.3, -0.25) is 4.79 Å². The van der Waals surface area contributed by atoms with Crippen LogP contribution in [-0.4, -0.2) is 11.9 Å². The molecule has 16 heavy (non-hydrogen) atoms. The van der Waals surface area contributed by atoms with Crippen LogP contribution in [0.15, 0.2) is 30.3 Å². The van der Waals surface area contributed by atoms with Gasteiger partial charge in [-0.1, -0.05) is 30.3 Å². The van der Waals surface area contributed by atoms with Crippen molar-refractivity contribution in [3.05, 3.63) is 35.9 Å². The van der Waals surface area contributed by atoms with Crippen LogP contribution in [0.5, 0.6) is 0 Å². The van der Waals surface area contributed by atoms with Gasteiger partial charge >= 0.3 is 0 Å². The first kappa shape index (κ1) is 11.1. The molecule has 1 aromatic rings. The van der Waals surface area contributed by atoms with Crippen LogP contribution in [0.3, 0.4) is 0 Å². The minimum atomic E-state index is -0.553. The second-order valence-electron chi connectivity index (χ2n) is 4.52. The van der Waals surface area contributed by atoms with Gasteiger partial charge in [0.05, 0.1) is 0 Å². The minimum Gasteiger partial charge on any atom is -0.352 e. The first-order chi connectivity index (χ1) is 7.68. The summed E-state index contributed by atoms with van der Waals surface area (Å²) in [5.41, 5.74) is 6.76. The van der Waals surface area contributed by atoms with Gasteiger partial charge in [0.2, 0.25) is 5.91 Å². The van der Waals surface area contributed by atoms with Crippen molar-refractivity contribution in [2.75, 3.05) is 0 Å². The number of nitrogens with one attached hydrogen (secondary N) is 1. The fourth-order valence-electron chi connectivity index (χ4n) is 1.84. The third kappa shape index (κ3) is 2.61. The maximum Gasteiger partial charge on any atom is 0.241 e. The van der Waals surface area contributed by atoms with E-state index in [4.69, 9.17) is 5.73 Å². The van der Waals surface area contributed by atoms with Gasteiger partial charge in [-0.25, -0.2) is 0 Å². The summed E-state index contributed by atoms with van der Waals surface area (Å²) in [6.45, 7) is 2.05. The van der Waals surface area contributed by atoms with E-state index in [1.807, 2.05) is 37.3 Å². The van der Waals surface area contributed by atoms with Crippen molar-refractivity contribution in [2.24, 2.45) is 11.7 Å². The van der Waals surface area contributed by atoms with Crippen molar-refractivity contribution in [3.63, 3.8) is 0 Å². The van der Waals surface area contributed by atoms with Gasteiger partial charge in [0.25, 0.3) is 0 Å². The SMILES string of the molecule is CC(NC(=O)C(N)c1ccccc1)C1CC1. The summed E-state index contributed by atoms with van der Waals surface area (Å²) in [5, 5.41) is 2.98. The van der Waals surface area contributed by atoms with E-state index in [0.717, 1.165) is 5.56 Å². The van der Waals surface area contributed by atoms with Gasteiger partial charge in [-0.05, 0) is 31.2 Å². The summed E-state index contributed by atoms with van der Waals surface area (Å²) in [6, 6.07) is 9.17. The molecule has 1 amide bonds. The Hall–Kier alpha value is -1.35. The predicted octanol–water partition coefficient (Wildman–Crippen LogP) is 1.60. The zero-order chi connectivity index (χ0) is 11.5. The molecule has 2 atom stereocenters. The van der Waals surface area contributed by atoms with Gasteiger partial charge in [-0.15, -0.1) is 0 Å². The van der Waals surface area contributed by atoms with Gasteiger partial charge in [0.1, 0.15) is 6.04 Å². The summed E-state index contributed by atoms with van der Waals surface area (Å²) in [7, 11) is 0. The number of carbonyl (C=O) groups excluding carboxylic acids is 1. The highest BCUT2D eigenvalue weighted by molar-refractivity contribution is 5.83. The fourth-order valence-corrected chi connectivity index (χ4v) is 1.84. The summed E-state index contributed by atoms with van der Waals surface area (Å²) in [4.78, 5) is 11.9. The van der Waals surface area contributed by atoms with E-state index in [0.29, 0.717) is 5.92 Å². The Balaban J connectivity index is 1.93. The normalized spacial score (nSPS) is 18.9. The van der Waals surface area contributed by atoms with Crippen molar-refractivity contribution in [1.29, 1.82) is 0 Å². The van der Waals surface area contributed by atoms with Crippen LogP contribution in [0.4, 0.5) is 0 Å². The lowest BCUT2D eigenvalue weighted by molar-refractivity contribution is -0.123. The summed E-state index contributed by atoms with van der Waals surface area (Å²) >= 11 is 0. The number of rotatable bonds is 4. The molecule has 0 heterocycles. The first-order valence-corrected chi connectivity index (χ1v) is 5.79. The minimum absolute atomic E-state index is 0.0781. The van der Waals surface area contributed by atoms with Crippen LogP contribution in [0.1, 0.15) is 31.4 Å². The number of nitrogens with two attached hydrogens (primary N) is 1. The molecular weight excluding hydrogens is 200 g/mol. The zero-order valence-corrected chi connectivity index (χ0v) is 9.52. The molecule has 86 valence electrons. The van der Waals surface area contributed by atoms with Gasteiger partial charge in [0.15, 0.2) is 0 Å². The lowest BCUT2D eigenvalue weighted by Gasteiger charge is -2.17. The second kappa shape index (κ2) is 4.66. The van der Waals surface area contributed by atoms with Gasteiger partial charge in [0, 0.05) is 6.04 Å². The molecule has 0 aliphatic heterocycles. The molecule has 3 N–H and O–H groups in total. The van der Waals surface area contributed by atoms with Gasteiger partial charge < -0.3 is 11.1 Å². The van der Waals surface area contributed by atoms with Crippen LogP contribution in [-0.2, 0) is 4.79 Å². The van der Waals surface area contributed by atoms with Crippen LogP contribution >= 0.6 is 0 Å². The molecule has 0 saturated heterocycles. The Bertz CT molecular complexity index is 359. The molecule has 1 fully saturated rings. The smallest absolute Gasteiger partial charge is 0.241 e. The topological polar surface area (TPSA) is 55.1 Å². The van der Waals surface area contributed by atoms with E-state index in [2.05, 4.69) is 5.32 Å². The fraction of sp³-hybridized carbons (Fsp3) is 0.462. The lowest BCUT2D eigenvalue weighted by Crippen LogP contribution is -2.40. The van der Waals surface area contributed by atoms with Crippen molar-refractivity contribution in [3.8, 4) is 0 Å². The van der Waals surface area contributed by atoms with Crippen LogP contribution in [0, 0.1) is 5.92 Å². The van der Waals surface area contributed by atoms with E-state index in [9.17, 15) is 4.79 Å². The molecule has 1 aliphatic carbocycles. The molecule has 0 aromatic heterocycles. The highest BCUT2D eigenvalue weighted by atomic mass is 16.2. The van der Waals surface area contributed by atoms with Crippen molar-refractivity contribution >= 4 is 5.91 Å². The van der Waals surface area contributed by atoms with E-state index in [1.54, 1.807) is 0 Å². The molecular formula is C13H18N2O.